The Morgan fingerprint density at radius 3 is 2.12 bits per heavy atom. The van der Waals surface area contributed by atoms with Gasteiger partial charge in [-0.25, -0.2) is 0 Å². The van der Waals surface area contributed by atoms with Crippen molar-refractivity contribution in [2.45, 2.75) is 0 Å². The highest BCUT2D eigenvalue weighted by molar-refractivity contribution is 8.18. The molecular formula is C25H21N3O5S. The number of carbonyl (C=O) groups excluding carboxylic acids is 3. The molecule has 1 saturated heterocycles. The van der Waals surface area contributed by atoms with Gasteiger partial charge in [0.15, 0.2) is 0 Å². The molecule has 8 nitrogen and oxygen atoms in total. The Labute approximate surface area is 200 Å². The molecule has 0 aliphatic carbocycles. The largest absolute Gasteiger partial charge is 0.490 e. The first-order valence-electron chi connectivity index (χ1n) is 10.3. The van der Waals surface area contributed by atoms with Crippen LogP contribution in [0.25, 0.3) is 6.08 Å². The average Bonchev–Trinajstić information content (AvgIpc) is 3.16. The fraction of sp³-hybridized carbons (Fsp3) is 0.0800. The molecule has 9 heteroatoms. The molecular weight excluding hydrogens is 454 g/mol. The van der Waals surface area contributed by atoms with Crippen LogP contribution in [0, 0.1) is 0 Å². The van der Waals surface area contributed by atoms with Gasteiger partial charge in [0, 0.05) is 5.56 Å². The average molecular weight is 476 g/mol. The van der Waals surface area contributed by atoms with Crippen LogP contribution >= 0.6 is 11.8 Å². The normalized spacial score (nSPS) is 14.1. The van der Waals surface area contributed by atoms with Gasteiger partial charge in [-0.3, -0.25) is 19.7 Å². The number of nitrogens with two attached hydrogens (primary N) is 1. The van der Waals surface area contributed by atoms with E-state index < -0.39 is 0 Å². The van der Waals surface area contributed by atoms with Crippen molar-refractivity contribution in [1.29, 1.82) is 0 Å². The van der Waals surface area contributed by atoms with Gasteiger partial charge in [-0.1, -0.05) is 24.3 Å². The number of nitrogens with one attached hydrogen (secondary N) is 2. The summed E-state index contributed by atoms with van der Waals surface area (Å²) in [6.07, 6.45) is 1.65. The van der Waals surface area contributed by atoms with Crippen LogP contribution in [0.2, 0.25) is 0 Å². The van der Waals surface area contributed by atoms with Crippen LogP contribution in [0.15, 0.2) is 77.7 Å². The third-order valence-corrected chi connectivity index (χ3v) is 5.58. The van der Waals surface area contributed by atoms with E-state index in [9.17, 15) is 14.4 Å². The summed E-state index contributed by atoms with van der Waals surface area (Å²) in [4.78, 5) is 35.6. The third kappa shape index (κ3) is 5.96. The Morgan fingerprint density at radius 2 is 1.53 bits per heavy atom. The quantitative estimate of drug-likeness (QED) is 0.252. The maximum Gasteiger partial charge on any atom is 0.290 e. The smallest absolute Gasteiger partial charge is 0.290 e. The molecule has 0 atom stereocenters. The second-order valence-electron chi connectivity index (χ2n) is 7.18. The summed E-state index contributed by atoms with van der Waals surface area (Å²) in [6, 6.07) is 21.0. The van der Waals surface area contributed by atoms with Gasteiger partial charge in [-0.05, 0) is 71.9 Å². The van der Waals surface area contributed by atoms with Crippen LogP contribution in [-0.4, -0.2) is 30.3 Å². The molecule has 0 spiro atoms. The van der Waals surface area contributed by atoms with E-state index in [0.29, 0.717) is 46.6 Å². The van der Waals surface area contributed by atoms with Crippen molar-refractivity contribution < 1.29 is 23.9 Å². The van der Waals surface area contributed by atoms with Crippen molar-refractivity contribution in [3.05, 3.63) is 88.8 Å². The van der Waals surface area contributed by atoms with Gasteiger partial charge >= 0.3 is 0 Å². The van der Waals surface area contributed by atoms with Gasteiger partial charge in [-0.2, -0.15) is 0 Å². The van der Waals surface area contributed by atoms with Gasteiger partial charge in [0.2, 0.25) is 0 Å². The number of nitrogen functional groups attached to an aromatic ring is 1. The summed E-state index contributed by atoms with van der Waals surface area (Å²) in [6.45, 7) is 0.638. The Morgan fingerprint density at radius 1 is 0.912 bits per heavy atom. The van der Waals surface area contributed by atoms with E-state index in [1.54, 1.807) is 78.9 Å². The van der Waals surface area contributed by atoms with Gasteiger partial charge in [0.05, 0.1) is 16.3 Å². The predicted octanol–water partition coefficient (Wildman–Crippen LogP) is 4.30. The number of hydrogen-bond donors (Lipinski definition) is 3. The van der Waals surface area contributed by atoms with E-state index in [4.69, 9.17) is 15.2 Å². The fourth-order valence-corrected chi connectivity index (χ4v) is 3.74. The predicted molar refractivity (Wildman–Crippen MR) is 132 cm³/mol. The zero-order valence-corrected chi connectivity index (χ0v) is 18.8. The molecule has 0 aromatic heterocycles. The highest BCUT2D eigenvalue weighted by Gasteiger charge is 2.24. The van der Waals surface area contributed by atoms with Crippen LogP contribution in [0.4, 0.5) is 16.2 Å². The number of thioether (sulfide) groups is 1. The standard InChI is InChI=1S/C25H21N3O5S/c26-20-3-1-2-4-21(20)27-23(29)17-7-11-19(12-8-17)33-14-13-32-18-9-5-16(6-10-18)15-22-24(30)28-25(31)34-22/h1-12,15H,13-14,26H2,(H,27,29)(H,28,30,31)/b22-15-. The highest BCUT2D eigenvalue weighted by atomic mass is 32.2. The number of para-hydroxylation sites is 2. The first-order chi connectivity index (χ1) is 16.5. The van der Waals surface area contributed by atoms with Gasteiger partial charge in [-0.15, -0.1) is 0 Å². The lowest BCUT2D eigenvalue weighted by atomic mass is 10.2. The number of ether oxygens (including phenoxy) is 2. The number of amides is 3. The summed E-state index contributed by atoms with van der Waals surface area (Å²) in [5.41, 5.74) is 8.19. The number of hydrogen-bond acceptors (Lipinski definition) is 7. The topological polar surface area (TPSA) is 120 Å². The molecule has 1 aliphatic heterocycles. The Hall–Kier alpha value is -4.24. The molecule has 0 unspecified atom stereocenters. The van der Waals surface area contributed by atoms with Crippen LogP contribution in [-0.2, 0) is 4.79 Å². The number of imide groups is 1. The fourth-order valence-electron chi connectivity index (χ4n) is 3.06. The minimum absolute atomic E-state index is 0.259. The van der Waals surface area contributed by atoms with Crippen LogP contribution in [0.5, 0.6) is 11.5 Å². The van der Waals surface area contributed by atoms with Crippen molar-refractivity contribution in [2.24, 2.45) is 0 Å². The van der Waals surface area contributed by atoms with E-state index in [-0.39, 0.29) is 17.1 Å². The van der Waals surface area contributed by atoms with Crippen molar-refractivity contribution >= 4 is 46.3 Å². The lowest BCUT2D eigenvalue weighted by molar-refractivity contribution is -0.115. The van der Waals surface area contributed by atoms with Crippen molar-refractivity contribution in [2.75, 3.05) is 24.3 Å². The lowest BCUT2D eigenvalue weighted by Gasteiger charge is -2.10. The number of carbonyl (C=O) groups is 3. The van der Waals surface area contributed by atoms with E-state index in [0.717, 1.165) is 17.3 Å². The minimum Gasteiger partial charge on any atom is -0.490 e. The number of anilines is 2. The number of rotatable bonds is 8. The first kappa shape index (κ1) is 22.9. The number of benzene rings is 3. The Kier molecular flexibility index (Phi) is 7.14. The Balaban J connectivity index is 1.22. The summed E-state index contributed by atoms with van der Waals surface area (Å²) < 4.78 is 11.3. The van der Waals surface area contributed by atoms with E-state index >= 15 is 0 Å². The highest BCUT2D eigenvalue weighted by Crippen LogP contribution is 2.26. The molecule has 34 heavy (non-hydrogen) atoms. The molecule has 172 valence electrons. The summed E-state index contributed by atoms with van der Waals surface area (Å²) in [5.74, 6) is 0.619. The van der Waals surface area contributed by atoms with E-state index in [1.807, 2.05) is 0 Å². The maximum absolute atomic E-state index is 12.4. The molecule has 1 heterocycles. The first-order valence-corrected chi connectivity index (χ1v) is 11.2. The molecule has 0 saturated carbocycles. The molecule has 4 rings (SSSR count). The van der Waals surface area contributed by atoms with Crippen LogP contribution in [0.3, 0.4) is 0 Å². The molecule has 3 aromatic rings. The Bertz CT molecular complexity index is 1240. The second kappa shape index (κ2) is 10.6. The van der Waals surface area contributed by atoms with E-state index in [1.165, 1.54) is 0 Å². The molecule has 1 aliphatic rings. The maximum atomic E-state index is 12.4. The monoisotopic (exact) mass is 475 g/mol. The van der Waals surface area contributed by atoms with Crippen LogP contribution < -0.4 is 25.8 Å². The SMILES string of the molecule is Nc1ccccc1NC(=O)c1ccc(OCCOc2ccc(/C=C3\SC(=O)NC3=O)cc2)cc1. The third-order valence-electron chi connectivity index (χ3n) is 4.77. The zero-order chi connectivity index (χ0) is 23.9. The lowest BCUT2D eigenvalue weighted by Crippen LogP contribution is -2.17. The molecule has 0 bridgehead atoms. The molecule has 3 amide bonds. The molecule has 4 N–H and O–H groups in total. The van der Waals surface area contributed by atoms with Crippen LogP contribution in [0.1, 0.15) is 15.9 Å². The summed E-state index contributed by atoms with van der Waals surface area (Å²) in [5, 5.41) is 4.63. The second-order valence-corrected chi connectivity index (χ2v) is 8.20. The molecule has 3 aromatic carbocycles. The zero-order valence-electron chi connectivity index (χ0n) is 17.9. The minimum atomic E-state index is -0.387. The van der Waals surface area contributed by atoms with Gasteiger partial charge in [0.1, 0.15) is 24.7 Å². The summed E-state index contributed by atoms with van der Waals surface area (Å²) in [7, 11) is 0. The van der Waals surface area contributed by atoms with Gasteiger partial charge in [0.25, 0.3) is 17.1 Å². The van der Waals surface area contributed by atoms with Crippen molar-refractivity contribution in [3.8, 4) is 11.5 Å². The van der Waals surface area contributed by atoms with E-state index in [2.05, 4.69) is 10.6 Å². The molecule has 1 fully saturated rings. The summed E-state index contributed by atoms with van der Waals surface area (Å²) >= 11 is 0.877. The van der Waals surface area contributed by atoms with Gasteiger partial charge < -0.3 is 20.5 Å². The van der Waals surface area contributed by atoms with Crippen molar-refractivity contribution in [1.82, 2.24) is 5.32 Å². The molecule has 0 radical (unpaired) electrons. The van der Waals surface area contributed by atoms with Crippen molar-refractivity contribution in [3.63, 3.8) is 0 Å².